The van der Waals surface area contributed by atoms with E-state index in [0.717, 1.165) is 4.31 Å². The van der Waals surface area contributed by atoms with E-state index in [4.69, 9.17) is 9.26 Å². The first-order valence-corrected chi connectivity index (χ1v) is 7.96. The highest BCUT2D eigenvalue weighted by atomic mass is 32.2. The number of ether oxygens (including phenoxy) is 1. The Balaban J connectivity index is 2.61. The van der Waals surface area contributed by atoms with Crippen LogP contribution < -0.4 is 9.53 Å². The molecule has 0 aliphatic carbocycles. The van der Waals surface area contributed by atoms with Gasteiger partial charge in [-0.05, 0) is 26.0 Å². The van der Waals surface area contributed by atoms with Crippen LogP contribution in [0.2, 0.25) is 0 Å². The van der Waals surface area contributed by atoms with Crippen LogP contribution in [0.15, 0.2) is 33.7 Å². The number of aromatic nitrogens is 1. The van der Waals surface area contributed by atoms with Gasteiger partial charge in [0.15, 0.2) is 5.82 Å². The minimum Gasteiger partial charge on any atom is -0.363 e. The lowest BCUT2D eigenvalue weighted by Crippen LogP contribution is -2.34. The molecule has 2 rings (SSSR count). The predicted molar refractivity (Wildman–Crippen MR) is 80.0 cm³/mol. The van der Waals surface area contributed by atoms with Crippen LogP contribution in [0.1, 0.15) is 11.3 Å². The molecule has 2 aromatic rings. The number of sulfonamides is 1. The summed E-state index contributed by atoms with van der Waals surface area (Å²) >= 11 is 0. The van der Waals surface area contributed by atoms with Gasteiger partial charge in [-0.15, -0.1) is 5.23 Å². The molecule has 0 bridgehead atoms. The average molecular weight is 343 g/mol. The summed E-state index contributed by atoms with van der Waals surface area (Å²) in [6, 6.07) is 5.43. The van der Waals surface area contributed by atoms with E-state index < -0.39 is 10.0 Å². The van der Waals surface area contributed by atoms with Gasteiger partial charge in [0, 0.05) is 12.7 Å². The van der Waals surface area contributed by atoms with Gasteiger partial charge >= 0.3 is 0 Å². The van der Waals surface area contributed by atoms with Crippen molar-refractivity contribution in [2.45, 2.75) is 18.7 Å². The molecule has 0 aliphatic rings. The summed E-state index contributed by atoms with van der Waals surface area (Å²) in [7, 11) is -2.84. The molecule has 0 spiro atoms. The van der Waals surface area contributed by atoms with Gasteiger partial charge in [0.2, 0.25) is 0 Å². The Morgan fingerprint density at radius 1 is 1.26 bits per heavy atom. The van der Waals surface area contributed by atoms with Gasteiger partial charge in [-0.2, -0.15) is 0 Å². The molecule has 0 amide bonds. The third-order valence-electron chi connectivity index (χ3n) is 3.26. The Bertz CT molecular complexity index is 787. The first-order valence-electron chi connectivity index (χ1n) is 6.52. The van der Waals surface area contributed by atoms with Gasteiger partial charge < -0.3 is 9.26 Å². The van der Waals surface area contributed by atoms with Crippen LogP contribution in [0.5, 0.6) is 0 Å². The highest BCUT2D eigenvalue weighted by Crippen LogP contribution is 2.31. The molecule has 1 aromatic carbocycles. The number of anilines is 2. The molecule has 1 heterocycles. The quantitative estimate of drug-likeness (QED) is 0.601. The van der Waals surface area contributed by atoms with Crippen LogP contribution in [0, 0.1) is 13.8 Å². The summed E-state index contributed by atoms with van der Waals surface area (Å²) in [5, 5.41) is 22.0. The Hall–Kier alpha value is -2.14. The van der Waals surface area contributed by atoms with Crippen LogP contribution >= 0.6 is 0 Å². The zero-order valence-electron chi connectivity index (χ0n) is 12.8. The fourth-order valence-corrected chi connectivity index (χ4v) is 3.50. The molecule has 9 nitrogen and oxygen atoms in total. The molecule has 0 radical (unpaired) electrons. The van der Waals surface area contributed by atoms with Gasteiger partial charge in [0.05, 0.1) is 0 Å². The maximum absolute atomic E-state index is 12.9. The standard InChI is InChI=1S/C13H17N3O6S/c1-9-10(2)22-14-13(9)15(8-21-3)23(19,20)12-7-5-4-6-11(12)16(17)18/h4-7,17-18H,8H2,1-3H3. The number of hydrogen-bond acceptors (Lipinski definition) is 8. The molecule has 23 heavy (non-hydrogen) atoms. The lowest BCUT2D eigenvalue weighted by molar-refractivity contribution is 0.0276. The first kappa shape index (κ1) is 17.2. The topological polar surface area (TPSA) is 116 Å². The third kappa shape index (κ3) is 3.15. The van der Waals surface area contributed by atoms with E-state index in [2.05, 4.69) is 5.16 Å². The molecule has 1 aromatic heterocycles. The van der Waals surface area contributed by atoms with Crippen molar-refractivity contribution in [3.8, 4) is 0 Å². The number of rotatable bonds is 6. The molecule has 0 saturated heterocycles. The van der Waals surface area contributed by atoms with Gasteiger partial charge in [0.1, 0.15) is 23.1 Å². The maximum atomic E-state index is 12.9. The summed E-state index contributed by atoms with van der Waals surface area (Å²) in [6.07, 6.45) is 0. The van der Waals surface area contributed by atoms with E-state index in [1.807, 2.05) is 0 Å². The minimum absolute atomic E-state index is 0.0709. The summed E-state index contributed by atoms with van der Waals surface area (Å²) in [5.41, 5.74) is 0.236. The van der Waals surface area contributed by atoms with E-state index in [1.54, 1.807) is 13.8 Å². The second kappa shape index (κ2) is 6.54. The Kier molecular flexibility index (Phi) is 4.90. The van der Waals surface area contributed by atoms with E-state index in [0.29, 0.717) is 11.3 Å². The Labute approximate surface area is 133 Å². The van der Waals surface area contributed by atoms with Crippen LogP contribution in [0.25, 0.3) is 0 Å². The minimum atomic E-state index is -4.18. The third-order valence-corrected chi connectivity index (χ3v) is 5.02. The first-order chi connectivity index (χ1) is 10.8. The SMILES string of the molecule is COCN(c1noc(C)c1C)S(=O)(=O)c1ccccc1N(O)O. The van der Waals surface area contributed by atoms with Crippen LogP contribution in [-0.4, -0.2) is 37.8 Å². The zero-order valence-corrected chi connectivity index (χ0v) is 13.6. The summed E-state index contributed by atoms with van der Waals surface area (Å²) < 4.78 is 36.7. The average Bonchev–Trinajstić information content (AvgIpc) is 2.84. The summed E-state index contributed by atoms with van der Waals surface area (Å²) in [6.45, 7) is 3.00. The predicted octanol–water partition coefficient (Wildman–Crippen LogP) is 1.68. The Morgan fingerprint density at radius 3 is 2.43 bits per heavy atom. The lowest BCUT2D eigenvalue weighted by Gasteiger charge is -2.23. The van der Waals surface area contributed by atoms with Crippen LogP contribution in [0.4, 0.5) is 11.5 Å². The highest BCUT2D eigenvalue weighted by molar-refractivity contribution is 7.93. The molecule has 10 heteroatoms. The number of benzene rings is 1. The Morgan fingerprint density at radius 2 is 1.91 bits per heavy atom. The summed E-state index contributed by atoms with van der Waals surface area (Å²) in [4.78, 5) is -0.317. The fourth-order valence-electron chi connectivity index (χ4n) is 1.96. The number of nitrogens with zero attached hydrogens (tertiary/aromatic N) is 3. The van der Waals surface area contributed by atoms with Crippen molar-refractivity contribution in [3.63, 3.8) is 0 Å². The molecular formula is C13H17N3O6S. The number of para-hydroxylation sites is 1. The van der Waals surface area contributed by atoms with Crippen molar-refractivity contribution in [3.05, 3.63) is 35.6 Å². The molecule has 0 aliphatic heterocycles. The van der Waals surface area contributed by atoms with Crippen molar-refractivity contribution in [2.75, 3.05) is 23.4 Å². The summed E-state index contributed by atoms with van der Waals surface area (Å²) in [5.74, 6) is 0.539. The second-order valence-electron chi connectivity index (χ2n) is 4.72. The molecule has 0 saturated carbocycles. The molecular weight excluding hydrogens is 326 g/mol. The molecule has 2 N–H and O–H groups in total. The van der Waals surface area contributed by atoms with Crippen molar-refractivity contribution >= 4 is 21.5 Å². The fraction of sp³-hybridized carbons (Fsp3) is 0.308. The largest absolute Gasteiger partial charge is 0.363 e. The van der Waals surface area contributed by atoms with Gasteiger partial charge in [-0.1, -0.05) is 17.3 Å². The van der Waals surface area contributed by atoms with Crippen LogP contribution in [0.3, 0.4) is 0 Å². The molecule has 0 atom stereocenters. The maximum Gasteiger partial charge on any atom is 0.269 e. The monoisotopic (exact) mass is 343 g/mol. The zero-order chi connectivity index (χ0) is 17.2. The molecule has 0 fully saturated rings. The van der Waals surface area contributed by atoms with Gasteiger partial charge in [-0.3, -0.25) is 10.4 Å². The van der Waals surface area contributed by atoms with E-state index in [9.17, 15) is 18.8 Å². The highest BCUT2D eigenvalue weighted by Gasteiger charge is 2.32. The smallest absolute Gasteiger partial charge is 0.269 e. The van der Waals surface area contributed by atoms with Gasteiger partial charge in [-0.25, -0.2) is 12.7 Å². The van der Waals surface area contributed by atoms with E-state index in [-0.39, 0.29) is 28.4 Å². The molecule has 0 unspecified atom stereocenters. The number of methoxy groups -OCH3 is 1. The molecule has 126 valence electrons. The van der Waals surface area contributed by atoms with Crippen molar-refractivity contribution in [1.82, 2.24) is 5.16 Å². The van der Waals surface area contributed by atoms with Crippen molar-refractivity contribution in [1.29, 1.82) is 0 Å². The van der Waals surface area contributed by atoms with Gasteiger partial charge in [0.25, 0.3) is 10.0 Å². The lowest BCUT2D eigenvalue weighted by atomic mass is 10.3. The van der Waals surface area contributed by atoms with Crippen molar-refractivity contribution < 1.29 is 28.1 Å². The normalized spacial score (nSPS) is 11.5. The van der Waals surface area contributed by atoms with Crippen molar-refractivity contribution in [2.24, 2.45) is 0 Å². The second-order valence-corrected chi connectivity index (χ2v) is 6.55. The number of aryl methyl sites for hydroxylation is 1. The van der Waals surface area contributed by atoms with E-state index in [1.165, 1.54) is 31.4 Å². The van der Waals surface area contributed by atoms with E-state index >= 15 is 0 Å². The number of hydrogen-bond donors (Lipinski definition) is 2. The van der Waals surface area contributed by atoms with Crippen LogP contribution in [-0.2, 0) is 14.8 Å².